The fourth-order valence-corrected chi connectivity index (χ4v) is 2.00. The summed E-state index contributed by atoms with van der Waals surface area (Å²) in [5.74, 6) is 0.874. The van der Waals surface area contributed by atoms with Gasteiger partial charge in [0.05, 0.1) is 11.7 Å². The number of pyridine rings is 1. The van der Waals surface area contributed by atoms with Crippen molar-refractivity contribution in [3.63, 3.8) is 0 Å². The molecule has 1 aromatic carbocycles. The second kappa shape index (κ2) is 4.57. The van der Waals surface area contributed by atoms with Crippen LogP contribution in [0.4, 0.5) is 0 Å². The Hall–Kier alpha value is -2.22. The fourth-order valence-electron chi connectivity index (χ4n) is 2.00. The Morgan fingerprint density at radius 3 is 2.83 bits per heavy atom. The summed E-state index contributed by atoms with van der Waals surface area (Å²) in [5, 5.41) is 0. The van der Waals surface area contributed by atoms with Crippen molar-refractivity contribution in [2.45, 2.75) is 13.5 Å². The molecule has 3 rings (SSSR count). The first kappa shape index (κ1) is 10.9. The molecule has 0 aliphatic carbocycles. The van der Waals surface area contributed by atoms with E-state index in [2.05, 4.69) is 25.3 Å². The maximum absolute atomic E-state index is 5.87. The van der Waals surface area contributed by atoms with E-state index in [1.807, 2.05) is 47.0 Å². The molecule has 0 atom stereocenters. The number of hydrogen-bond donors (Lipinski definition) is 0. The van der Waals surface area contributed by atoms with Gasteiger partial charge in [0, 0.05) is 12.3 Å². The van der Waals surface area contributed by atoms with Crippen LogP contribution in [0.5, 0.6) is 5.75 Å². The maximum atomic E-state index is 5.87. The number of hydrogen-bond acceptors (Lipinski definition) is 1. The van der Waals surface area contributed by atoms with E-state index in [-0.39, 0.29) is 0 Å². The first-order chi connectivity index (χ1) is 8.84. The fraction of sp³-hybridized carbons (Fsp3) is 0.125. The minimum absolute atomic E-state index is 0.592. The number of benzene rings is 1. The van der Waals surface area contributed by atoms with Crippen molar-refractivity contribution in [1.82, 2.24) is 4.40 Å². The number of aromatic nitrogens is 1. The molecule has 2 heteroatoms. The van der Waals surface area contributed by atoms with E-state index in [1.165, 1.54) is 11.1 Å². The van der Waals surface area contributed by atoms with Crippen molar-refractivity contribution >= 4 is 5.52 Å². The quantitative estimate of drug-likeness (QED) is 0.677. The minimum atomic E-state index is 0.592. The lowest BCUT2D eigenvalue weighted by Gasteiger charge is -2.07. The lowest BCUT2D eigenvalue weighted by molar-refractivity contribution is 0.309. The van der Waals surface area contributed by atoms with Crippen LogP contribution in [0.25, 0.3) is 5.52 Å². The van der Waals surface area contributed by atoms with Crippen molar-refractivity contribution in [1.29, 1.82) is 0 Å². The average molecular weight is 236 g/mol. The zero-order valence-corrected chi connectivity index (χ0v) is 10.3. The molecule has 0 amide bonds. The van der Waals surface area contributed by atoms with Crippen LogP contribution in [0.2, 0.25) is 0 Å². The Labute approximate surface area is 106 Å². The van der Waals surface area contributed by atoms with Crippen molar-refractivity contribution in [3.8, 4) is 5.75 Å². The van der Waals surface area contributed by atoms with Gasteiger partial charge in [-0.3, -0.25) is 0 Å². The molecule has 0 unspecified atom stereocenters. The molecule has 18 heavy (non-hydrogen) atoms. The van der Waals surface area contributed by atoms with Crippen molar-refractivity contribution in [2.24, 2.45) is 0 Å². The summed E-state index contributed by atoms with van der Waals surface area (Å²) in [4.78, 5) is 0. The molecule has 0 saturated heterocycles. The van der Waals surface area contributed by atoms with Crippen LogP contribution >= 0.6 is 0 Å². The zero-order valence-electron chi connectivity index (χ0n) is 10.3. The highest BCUT2D eigenvalue weighted by Gasteiger charge is 2.04. The number of fused-ring (bicyclic) bond motifs is 1. The Bertz CT molecular complexity index is 669. The van der Waals surface area contributed by atoms with Gasteiger partial charge in [-0.25, -0.2) is 0 Å². The Balaban J connectivity index is 1.83. The van der Waals surface area contributed by atoms with Crippen molar-refractivity contribution < 1.29 is 4.74 Å². The highest BCUT2D eigenvalue weighted by atomic mass is 16.5. The topological polar surface area (TPSA) is 13.6 Å². The summed E-state index contributed by atoms with van der Waals surface area (Å²) in [6, 6.07) is 16.2. The van der Waals surface area contributed by atoms with E-state index in [0.717, 1.165) is 11.3 Å². The largest absolute Gasteiger partial charge is 0.487 e. The van der Waals surface area contributed by atoms with Gasteiger partial charge >= 0.3 is 0 Å². The summed E-state index contributed by atoms with van der Waals surface area (Å²) in [6.45, 7) is 2.69. The van der Waals surface area contributed by atoms with Crippen LogP contribution < -0.4 is 4.74 Å². The summed E-state index contributed by atoms with van der Waals surface area (Å²) in [5.41, 5.74) is 3.52. The van der Waals surface area contributed by atoms with E-state index in [1.54, 1.807) is 0 Å². The predicted molar refractivity (Wildman–Crippen MR) is 71.7 cm³/mol. The van der Waals surface area contributed by atoms with Gasteiger partial charge in [-0.05, 0) is 30.2 Å². The maximum Gasteiger partial charge on any atom is 0.145 e. The van der Waals surface area contributed by atoms with Crippen LogP contribution in [-0.4, -0.2) is 4.40 Å². The Kier molecular flexibility index (Phi) is 2.77. The zero-order chi connectivity index (χ0) is 12.4. The Morgan fingerprint density at radius 1 is 1.11 bits per heavy atom. The molecule has 0 N–H and O–H groups in total. The summed E-state index contributed by atoms with van der Waals surface area (Å²) in [7, 11) is 0. The van der Waals surface area contributed by atoms with Crippen LogP contribution in [-0.2, 0) is 6.61 Å². The molecule has 0 aliphatic rings. The lowest BCUT2D eigenvalue weighted by Crippen LogP contribution is -1.97. The normalized spacial score (nSPS) is 10.7. The summed E-state index contributed by atoms with van der Waals surface area (Å²) >= 11 is 0. The predicted octanol–water partition coefficient (Wildman–Crippen LogP) is 3.63. The Morgan fingerprint density at radius 2 is 1.94 bits per heavy atom. The third-order valence-electron chi connectivity index (χ3n) is 3.09. The molecular formula is C16H14NO. The SMILES string of the molecule is Cc1ccccc1COc1c[c]n2ccccc12. The first-order valence-corrected chi connectivity index (χ1v) is 6.00. The van der Waals surface area contributed by atoms with Gasteiger partial charge in [0.25, 0.3) is 0 Å². The van der Waals surface area contributed by atoms with Gasteiger partial charge in [-0.1, -0.05) is 30.3 Å². The highest BCUT2D eigenvalue weighted by molar-refractivity contribution is 5.60. The number of nitrogens with zero attached hydrogens (tertiary/aromatic N) is 1. The van der Waals surface area contributed by atoms with Gasteiger partial charge in [0.1, 0.15) is 12.4 Å². The van der Waals surface area contributed by atoms with E-state index in [4.69, 9.17) is 4.74 Å². The second-order valence-electron chi connectivity index (χ2n) is 4.31. The smallest absolute Gasteiger partial charge is 0.145 e. The van der Waals surface area contributed by atoms with Crippen molar-refractivity contribution in [3.05, 3.63) is 72.1 Å². The molecule has 89 valence electrons. The molecule has 0 spiro atoms. The molecule has 0 fully saturated rings. The molecule has 0 aliphatic heterocycles. The lowest BCUT2D eigenvalue weighted by atomic mass is 10.1. The third-order valence-corrected chi connectivity index (χ3v) is 3.09. The standard InChI is InChI=1S/C16H14NO/c1-13-6-2-3-7-14(13)12-18-16-9-11-17-10-5-4-8-15(16)17/h2-10H,12H2,1H3. The average Bonchev–Trinajstić information content (AvgIpc) is 2.81. The molecule has 3 aromatic rings. The van der Waals surface area contributed by atoms with E-state index in [9.17, 15) is 0 Å². The van der Waals surface area contributed by atoms with E-state index in [0.29, 0.717) is 6.61 Å². The van der Waals surface area contributed by atoms with E-state index >= 15 is 0 Å². The first-order valence-electron chi connectivity index (χ1n) is 6.00. The van der Waals surface area contributed by atoms with Gasteiger partial charge in [0.15, 0.2) is 0 Å². The highest BCUT2D eigenvalue weighted by Crippen LogP contribution is 2.21. The number of rotatable bonds is 3. The van der Waals surface area contributed by atoms with Crippen LogP contribution in [0, 0.1) is 13.1 Å². The molecule has 0 saturated carbocycles. The van der Waals surface area contributed by atoms with Gasteiger partial charge in [0.2, 0.25) is 0 Å². The molecule has 2 heterocycles. The van der Waals surface area contributed by atoms with Crippen molar-refractivity contribution in [2.75, 3.05) is 0 Å². The van der Waals surface area contributed by atoms with Gasteiger partial charge in [-0.2, -0.15) is 0 Å². The number of aryl methyl sites for hydroxylation is 1. The second-order valence-corrected chi connectivity index (χ2v) is 4.31. The van der Waals surface area contributed by atoms with Gasteiger partial charge < -0.3 is 9.14 Å². The van der Waals surface area contributed by atoms with Crippen LogP contribution in [0.1, 0.15) is 11.1 Å². The van der Waals surface area contributed by atoms with Gasteiger partial charge in [-0.15, -0.1) is 0 Å². The van der Waals surface area contributed by atoms with Crippen LogP contribution in [0.3, 0.4) is 0 Å². The molecule has 1 radical (unpaired) electrons. The van der Waals surface area contributed by atoms with Crippen LogP contribution in [0.15, 0.2) is 54.7 Å². The summed E-state index contributed by atoms with van der Waals surface area (Å²) in [6.07, 6.45) is 5.10. The number of ether oxygens (including phenoxy) is 1. The summed E-state index contributed by atoms with van der Waals surface area (Å²) < 4.78 is 7.81. The van der Waals surface area contributed by atoms with E-state index < -0.39 is 0 Å². The monoisotopic (exact) mass is 236 g/mol. The molecule has 0 bridgehead atoms. The molecular weight excluding hydrogens is 222 g/mol. The third kappa shape index (κ3) is 1.97. The molecule has 2 nitrogen and oxygen atoms in total. The minimum Gasteiger partial charge on any atom is -0.487 e. The molecule has 2 aromatic heterocycles.